The molecule has 8 nitrogen and oxygen atoms in total. The number of amides is 1. The Morgan fingerprint density at radius 3 is 2.52 bits per heavy atom. The van der Waals surface area contributed by atoms with E-state index in [9.17, 15) is 9.59 Å². The Kier molecular flexibility index (Phi) is 7.55. The highest BCUT2D eigenvalue weighted by Crippen LogP contribution is 2.23. The maximum Gasteiger partial charge on any atom is 0.414 e. The van der Waals surface area contributed by atoms with Crippen LogP contribution in [-0.4, -0.2) is 62.0 Å². The van der Waals surface area contributed by atoms with E-state index in [1.54, 1.807) is 29.2 Å². The summed E-state index contributed by atoms with van der Waals surface area (Å²) in [5.74, 6) is -0.359. The molecule has 33 heavy (non-hydrogen) atoms. The number of rotatable bonds is 8. The molecule has 8 heteroatoms. The van der Waals surface area contributed by atoms with E-state index in [4.69, 9.17) is 19.5 Å². The highest BCUT2D eigenvalue weighted by atomic mass is 16.6. The molecule has 172 valence electrons. The van der Waals surface area contributed by atoms with Gasteiger partial charge in [0.25, 0.3) is 0 Å². The van der Waals surface area contributed by atoms with Gasteiger partial charge in [-0.3, -0.25) is 9.80 Å². The molecule has 2 fully saturated rings. The van der Waals surface area contributed by atoms with Crippen LogP contribution in [0.1, 0.15) is 24.0 Å². The lowest BCUT2D eigenvalue weighted by Gasteiger charge is -2.32. The van der Waals surface area contributed by atoms with E-state index in [2.05, 4.69) is 11.0 Å². The fourth-order valence-electron chi connectivity index (χ4n) is 4.06. The summed E-state index contributed by atoms with van der Waals surface area (Å²) in [6.45, 7) is 2.97. The lowest BCUT2D eigenvalue weighted by atomic mass is 10.1. The SMILES string of the molecule is N#Cc1ccc(N2CC(CN3CCC(OCC(=O)OCc4ccccc4)CC3)OC2=O)cc1. The van der Waals surface area contributed by atoms with Crippen LogP contribution >= 0.6 is 0 Å². The Labute approximate surface area is 193 Å². The third kappa shape index (κ3) is 6.31. The molecule has 0 N–H and O–H groups in total. The van der Waals surface area contributed by atoms with Crippen LogP contribution in [0.4, 0.5) is 10.5 Å². The predicted octanol–water partition coefficient (Wildman–Crippen LogP) is 3.11. The second-order valence-electron chi connectivity index (χ2n) is 8.23. The van der Waals surface area contributed by atoms with E-state index in [1.807, 2.05) is 30.3 Å². The van der Waals surface area contributed by atoms with Gasteiger partial charge < -0.3 is 14.2 Å². The average Bonchev–Trinajstić information content (AvgIpc) is 3.22. The minimum Gasteiger partial charge on any atom is -0.459 e. The molecule has 1 atom stereocenters. The molecule has 2 aliphatic heterocycles. The first-order valence-corrected chi connectivity index (χ1v) is 11.1. The van der Waals surface area contributed by atoms with Crippen molar-refractivity contribution in [2.45, 2.75) is 31.7 Å². The molecular formula is C25H27N3O5. The maximum absolute atomic E-state index is 12.3. The molecule has 1 unspecified atom stereocenters. The molecule has 0 spiro atoms. The highest BCUT2D eigenvalue weighted by molar-refractivity contribution is 5.89. The molecular weight excluding hydrogens is 422 g/mol. The van der Waals surface area contributed by atoms with Gasteiger partial charge in [0.1, 0.15) is 19.3 Å². The molecule has 4 rings (SSSR count). The topological polar surface area (TPSA) is 92.1 Å². The van der Waals surface area contributed by atoms with Crippen molar-refractivity contribution in [2.75, 3.05) is 37.7 Å². The molecule has 0 saturated carbocycles. The summed E-state index contributed by atoms with van der Waals surface area (Å²) in [5, 5.41) is 8.92. The molecule has 0 radical (unpaired) electrons. The van der Waals surface area contributed by atoms with Crippen molar-refractivity contribution in [3.8, 4) is 6.07 Å². The molecule has 0 aliphatic carbocycles. The van der Waals surface area contributed by atoms with Crippen molar-refractivity contribution in [3.05, 3.63) is 65.7 Å². The number of hydrogen-bond donors (Lipinski definition) is 0. The van der Waals surface area contributed by atoms with E-state index in [0.717, 1.165) is 37.2 Å². The number of benzene rings is 2. The Bertz CT molecular complexity index is 981. The van der Waals surface area contributed by atoms with Crippen molar-refractivity contribution in [1.29, 1.82) is 5.26 Å². The Morgan fingerprint density at radius 1 is 1.09 bits per heavy atom. The second-order valence-corrected chi connectivity index (χ2v) is 8.23. The van der Waals surface area contributed by atoms with E-state index in [1.165, 1.54) is 0 Å². The number of piperidine rings is 1. The van der Waals surface area contributed by atoms with Crippen LogP contribution in [0.3, 0.4) is 0 Å². The number of cyclic esters (lactones) is 1. The van der Waals surface area contributed by atoms with E-state index >= 15 is 0 Å². The lowest BCUT2D eigenvalue weighted by Crippen LogP contribution is -2.42. The maximum atomic E-state index is 12.3. The van der Waals surface area contributed by atoms with Gasteiger partial charge in [-0.2, -0.15) is 5.26 Å². The zero-order valence-corrected chi connectivity index (χ0v) is 18.4. The second kappa shape index (κ2) is 10.9. The van der Waals surface area contributed by atoms with Gasteiger partial charge >= 0.3 is 12.1 Å². The van der Waals surface area contributed by atoms with E-state index in [-0.39, 0.29) is 37.5 Å². The molecule has 2 saturated heterocycles. The molecule has 2 aromatic carbocycles. The summed E-state index contributed by atoms with van der Waals surface area (Å²) >= 11 is 0. The van der Waals surface area contributed by atoms with Gasteiger partial charge in [-0.25, -0.2) is 9.59 Å². The lowest BCUT2D eigenvalue weighted by molar-refractivity contribution is -0.153. The van der Waals surface area contributed by atoms with Crippen molar-refractivity contribution in [1.82, 2.24) is 4.90 Å². The first-order chi connectivity index (χ1) is 16.1. The fraction of sp³-hybridized carbons (Fsp3) is 0.400. The summed E-state index contributed by atoms with van der Waals surface area (Å²) in [6.07, 6.45) is 1.07. The number of carbonyl (C=O) groups excluding carboxylic acids is 2. The van der Waals surface area contributed by atoms with Crippen molar-refractivity contribution in [2.24, 2.45) is 0 Å². The summed E-state index contributed by atoms with van der Waals surface area (Å²) in [7, 11) is 0. The van der Waals surface area contributed by atoms with Crippen LogP contribution in [0.25, 0.3) is 0 Å². The number of esters is 1. The normalized spacial score (nSPS) is 19.2. The van der Waals surface area contributed by atoms with Crippen molar-refractivity contribution < 1.29 is 23.8 Å². The van der Waals surface area contributed by atoms with Gasteiger partial charge in [0, 0.05) is 25.3 Å². The minimum absolute atomic E-state index is 0.0202. The standard InChI is InChI=1S/C25H27N3O5/c26-14-19-6-8-21(9-7-19)28-16-23(33-25(28)30)15-27-12-10-22(11-13-27)31-18-24(29)32-17-20-4-2-1-3-5-20/h1-9,22-23H,10-13,15-18H2. The predicted molar refractivity (Wildman–Crippen MR) is 120 cm³/mol. The summed E-state index contributed by atoms with van der Waals surface area (Å²) in [4.78, 5) is 28.1. The number of anilines is 1. The molecule has 0 bridgehead atoms. The first kappa shape index (κ1) is 22.8. The van der Waals surface area contributed by atoms with Crippen LogP contribution in [0.5, 0.6) is 0 Å². The van der Waals surface area contributed by atoms with Gasteiger partial charge in [-0.05, 0) is 42.7 Å². The van der Waals surface area contributed by atoms with Gasteiger partial charge in [0.2, 0.25) is 0 Å². The van der Waals surface area contributed by atoms with Crippen molar-refractivity contribution >= 4 is 17.7 Å². The van der Waals surface area contributed by atoms with Crippen LogP contribution in [0.2, 0.25) is 0 Å². The molecule has 2 aromatic rings. The highest BCUT2D eigenvalue weighted by Gasteiger charge is 2.34. The Hall–Kier alpha value is -3.41. The monoisotopic (exact) mass is 449 g/mol. The molecule has 2 aliphatic rings. The van der Waals surface area contributed by atoms with Gasteiger partial charge in [-0.1, -0.05) is 30.3 Å². The summed E-state index contributed by atoms with van der Waals surface area (Å²) in [6, 6.07) is 18.5. The quantitative estimate of drug-likeness (QED) is 0.572. The Morgan fingerprint density at radius 2 is 1.82 bits per heavy atom. The summed E-state index contributed by atoms with van der Waals surface area (Å²) < 4.78 is 16.5. The summed E-state index contributed by atoms with van der Waals surface area (Å²) in [5.41, 5.74) is 2.23. The number of carbonyl (C=O) groups is 2. The number of hydrogen-bond acceptors (Lipinski definition) is 7. The number of nitrogens with zero attached hydrogens (tertiary/aromatic N) is 3. The number of likely N-dealkylation sites (tertiary alicyclic amines) is 1. The molecule has 1 amide bonds. The van der Waals surface area contributed by atoms with E-state index < -0.39 is 0 Å². The third-order valence-corrected chi connectivity index (χ3v) is 5.86. The van der Waals surface area contributed by atoms with Gasteiger partial charge in [0.15, 0.2) is 0 Å². The molecule has 0 aromatic heterocycles. The smallest absolute Gasteiger partial charge is 0.414 e. The average molecular weight is 450 g/mol. The van der Waals surface area contributed by atoms with Gasteiger partial charge in [-0.15, -0.1) is 0 Å². The zero-order valence-electron chi connectivity index (χ0n) is 18.4. The van der Waals surface area contributed by atoms with E-state index in [0.29, 0.717) is 18.7 Å². The third-order valence-electron chi connectivity index (χ3n) is 5.86. The van der Waals surface area contributed by atoms with Gasteiger partial charge in [0.05, 0.1) is 24.3 Å². The van der Waals surface area contributed by atoms with Crippen LogP contribution in [0, 0.1) is 11.3 Å². The first-order valence-electron chi connectivity index (χ1n) is 11.1. The van der Waals surface area contributed by atoms with Crippen molar-refractivity contribution in [3.63, 3.8) is 0 Å². The minimum atomic E-state index is -0.364. The number of ether oxygens (including phenoxy) is 3. The Balaban J connectivity index is 1.15. The number of nitriles is 1. The van der Waals surface area contributed by atoms with Crippen LogP contribution in [-0.2, 0) is 25.6 Å². The molecule has 2 heterocycles. The van der Waals surface area contributed by atoms with Crippen LogP contribution in [0.15, 0.2) is 54.6 Å². The zero-order chi connectivity index (χ0) is 23.0. The fourth-order valence-corrected chi connectivity index (χ4v) is 4.06. The van der Waals surface area contributed by atoms with Crippen LogP contribution < -0.4 is 4.90 Å². The largest absolute Gasteiger partial charge is 0.459 e.